The van der Waals surface area contributed by atoms with E-state index < -0.39 is 5.60 Å². The maximum atomic E-state index is 6.59. The molecule has 29 heavy (non-hydrogen) atoms. The normalized spacial score (nSPS) is 25.8. The molecule has 2 aliphatic carbocycles. The maximum Gasteiger partial charge on any atom is 2.00 e. The van der Waals surface area contributed by atoms with Crippen molar-refractivity contribution in [1.29, 1.82) is 0 Å². The zero-order valence-corrected chi connectivity index (χ0v) is 17.5. The van der Waals surface area contributed by atoms with Crippen LogP contribution >= 0.6 is 0 Å². The SMILES string of the molecule is C[C@@H]1O[C@@H](C2[CH][CH][CH][CH]2)OC1(c1ccccc1)c1ccccc1.[CH]1[CH][CH][CH][CH]1.[Fe+2]. The molecule has 2 aromatic carbocycles. The van der Waals surface area contributed by atoms with E-state index in [1.165, 1.54) is 0 Å². The summed E-state index contributed by atoms with van der Waals surface area (Å²) in [7, 11) is 0. The molecule has 2 saturated carbocycles. The van der Waals surface area contributed by atoms with Gasteiger partial charge < -0.3 is 9.47 Å². The first-order valence-electron chi connectivity index (χ1n) is 9.77. The van der Waals surface area contributed by atoms with Gasteiger partial charge in [-0.3, -0.25) is 0 Å². The molecule has 1 aliphatic heterocycles. The van der Waals surface area contributed by atoms with Crippen LogP contribution < -0.4 is 0 Å². The van der Waals surface area contributed by atoms with Crippen LogP contribution in [0, 0.1) is 63.7 Å². The van der Waals surface area contributed by atoms with Gasteiger partial charge in [0.15, 0.2) is 6.29 Å². The molecule has 3 heteroatoms. The van der Waals surface area contributed by atoms with Crippen molar-refractivity contribution in [2.24, 2.45) is 5.92 Å². The zero-order valence-electron chi connectivity index (χ0n) is 16.4. The minimum Gasteiger partial charge on any atom is -0.346 e. The van der Waals surface area contributed by atoms with Crippen molar-refractivity contribution in [3.05, 3.63) is 130 Å². The molecule has 2 nitrogen and oxygen atoms in total. The Morgan fingerprint density at radius 2 is 1.10 bits per heavy atom. The Bertz CT molecular complexity index is 661. The summed E-state index contributed by atoms with van der Waals surface area (Å²) in [4.78, 5) is 0. The van der Waals surface area contributed by atoms with Gasteiger partial charge in [0.2, 0.25) is 0 Å². The summed E-state index contributed by atoms with van der Waals surface area (Å²) in [5.74, 6) is 0.173. The summed E-state index contributed by atoms with van der Waals surface area (Å²) in [5, 5.41) is 0. The number of ether oxygens (including phenoxy) is 2. The van der Waals surface area contributed by atoms with Crippen LogP contribution in [0.2, 0.25) is 0 Å². The van der Waals surface area contributed by atoms with Crippen LogP contribution in [0.25, 0.3) is 0 Å². The van der Waals surface area contributed by atoms with E-state index >= 15 is 0 Å². The molecule has 0 N–H and O–H groups in total. The molecule has 0 spiro atoms. The molecule has 5 rings (SSSR count). The van der Waals surface area contributed by atoms with Gasteiger partial charge >= 0.3 is 17.1 Å². The fourth-order valence-corrected chi connectivity index (χ4v) is 3.87. The van der Waals surface area contributed by atoms with Gasteiger partial charge in [0, 0.05) is 5.92 Å². The predicted molar refractivity (Wildman–Crippen MR) is 111 cm³/mol. The van der Waals surface area contributed by atoms with Crippen molar-refractivity contribution in [2.45, 2.75) is 24.9 Å². The van der Waals surface area contributed by atoms with Crippen molar-refractivity contribution in [3.63, 3.8) is 0 Å². The molecular formula is C26H25FeO2+2. The van der Waals surface area contributed by atoms with Crippen LogP contribution in [0.3, 0.4) is 0 Å². The van der Waals surface area contributed by atoms with E-state index in [-0.39, 0.29) is 35.4 Å². The summed E-state index contributed by atoms with van der Waals surface area (Å²) in [6.07, 6.45) is 18.0. The molecule has 2 atom stereocenters. The average molecular weight is 425 g/mol. The van der Waals surface area contributed by atoms with Gasteiger partial charge in [-0.15, -0.1) is 0 Å². The second-order valence-electron chi connectivity index (χ2n) is 7.04. The Labute approximate surface area is 186 Å². The molecule has 0 aromatic heterocycles. The predicted octanol–water partition coefficient (Wildman–Crippen LogP) is 5.16. The van der Waals surface area contributed by atoms with Gasteiger partial charge in [-0.05, 0) is 75.8 Å². The Morgan fingerprint density at radius 3 is 1.55 bits per heavy atom. The largest absolute Gasteiger partial charge is 2.00 e. The van der Waals surface area contributed by atoms with Crippen LogP contribution in [0.5, 0.6) is 0 Å². The number of hydrogen-bond acceptors (Lipinski definition) is 2. The van der Waals surface area contributed by atoms with Crippen LogP contribution in [0.4, 0.5) is 0 Å². The molecule has 1 saturated heterocycles. The zero-order chi connectivity index (χ0) is 19.2. The molecule has 0 amide bonds. The van der Waals surface area contributed by atoms with E-state index in [0.29, 0.717) is 0 Å². The van der Waals surface area contributed by atoms with Crippen LogP contribution in [-0.2, 0) is 32.1 Å². The van der Waals surface area contributed by atoms with Gasteiger partial charge in [0.25, 0.3) is 0 Å². The number of rotatable bonds is 3. The molecular weight excluding hydrogens is 400 g/mol. The van der Waals surface area contributed by atoms with Gasteiger partial charge in [0.05, 0.1) is 6.10 Å². The van der Waals surface area contributed by atoms with Crippen molar-refractivity contribution in [2.75, 3.05) is 0 Å². The van der Waals surface area contributed by atoms with E-state index in [0.717, 1.165) is 11.1 Å². The third-order valence-electron chi connectivity index (χ3n) is 5.27. The topological polar surface area (TPSA) is 18.5 Å². The van der Waals surface area contributed by atoms with Crippen LogP contribution in [0.15, 0.2) is 60.7 Å². The van der Waals surface area contributed by atoms with E-state index in [9.17, 15) is 0 Å². The minimum absolute atomic E-state index is 0. The first kappa shape index (κ1) is 22.6. The Hall–Kier alpha value is -1.12. The first-order valence-corrected chi connectivity index (χ1v) is 9.77. The molecule has 0 bridgehead atoms. The second-order valence-corrected chi connectivity index (χ2v) is 7.04. The molecule has 0 unspecified atom stereocenters. The molecule has 3 fully saturated rings. The van der Waals surface area contributed by atoms with Crippen LogP contribution in [-0.4, -0.2) is 12.4 Å². The molecule has 2 aromatic rings. The van der Waals surface area contributed by atoms with Crippen molar-refractivity contribution >= 4 is 0 Å². The van der Waals surface area contributed by atoms with Crippen molar-refractivity contribution < 1.29 is 26.5 Å². The van der Waals surface area contributed by atoms with Crippen molar-refractivity contribution in [1.82, 2.24) is 0 Å². The summed E-state index contributed by atoms with van der Waals surface area (Å²) < 4.78 is 12.8. The van der Waals surface area contributed by atoms with E-state index in [4.69, 9.17) is 9.47 Å². The Kier molecular flexibility index (Phi) is 8.38. The van der Waals surface area contributed by atoms with E-state index in [2.05, 4.69) is 68.3 Å². The van der Waals surface area contributed by atoms with Gasteiger partial charge in [0.1, 0.15) is 5.60 Å². The van der Waals surface area contributed by atoms with Gasteiger partial charge in [-0.1, -0.05) is 60.7 Å². The molecule has 147 valence electrons. The smallest absolute Gasteiger partial charge is 0.346 e. The summed E-state index contributed by atoms with van der Waals surface area (Å²) in [6, 6.07) is 20.8. The summed E-state index contributed by atoms with van der Waals surface area (Å²) >= 11 is 0. The third-order valence-corrected chi connectivity index (χ3v) is 5.27. The molecule has 9 radical (unpaired) electrons. The number of hydrogen-bond donors (Lipinski definition) is 0. The average Bonchev–Trinajstić information content (AvgIpc) is 3.52. The summed E-state index contributed by atoms with van der Waals surface area (Å²) in [6.45, 7) is 2.10. The first-order chi connectivity index (χ1) is 13.8. The Balaban J connectivity index is 0.000000352. The standard InChI is InChI=1S/C21H20O2.C5H5.Fe/c1-16-21(18-12-4-2-5-13-18,19-14-6-3-7-15-19)23-20(22-16)17-10-8-9-11-17;1-2-4-5-3-1;/h2-17,20H,1H3;1-5H;/q;;+2/t16-,20+;;/m0../s1. The maximum absolute atomic E-state index is 6.59. The fraction of sp³-hybridized carbons (Fsp3) is 0.192. The van der Waals surface area contributed by atoms with Crippen molar-refractivity contribution in [3.8, 4) is 0 Å². The summed E-state index contributed by atoms with van der Waals surface area (Å²) in [5.41, 5.74) is 1.69. The fourth-order valence-electron chi connectivity index (χ4n) is 3.87. The molecule has 1 heterocycles. The van der Waals surface area contributed by atoms with Crippen LogP contribution in [0.1, 0.15) is 18.1 Å². The van der Waals surface area contributed by atoms with E-state index in [1.54, 1.807) is 0 Å². The molecule has 3 aliphatic rings. The minimum atomic E-state index is -0.572. The monoisotopic (exact) mass is 425 g/mol. The van der Waals surface area contributed by atoms with Gasteiger partial charge in [-0.25, -0.2) is 0 Å². The van der Waals surface area contributed by atoms with Gasteiger partial charge in [-0.2, -0.15) is 0 Å². The number of benzene rings is 2. The second kappa shape index (κ2) is 10.8. The third kappa shape index (κ3) is 4.97. The quantitative estimate of drug-likeness (QED) is 0.633. The van der Waals surface area contributed by atoms with E-state index in [1.807, 2.05) is 57.1 Å². The Morgan fingerprint density at radius 1 is 0.655 bits per heavy atom.